The molecular formula is C24H24BrF4NO5. The SMILES string of the molecule is CCCCOCCOc1cc(F)ccc1C(Br)C(=O)c1c[nH]c2cc(OC)c(OC(F)(F)F)cc12. The number of nitrogens with one attached hydrogen (secondary N) is 1. The van der Waals surface area contributed by atoms with E-state index in [9.17, 15) is 22.4 Å². The van der Waals surface area contributed by atoms with Gasteiger partial charge in [0.15, 0.2) is 17.3 Å². The summed E-state index contributed by atoms with van der Waals surface area (Å²) in [6.07, 6.45) is -1.66. The number of fused-ring (bicyclic) bond motifs is 1. The van der Waals surface area contributed by atoms with Gasteiger partial charge >= 0.3 is 6.36 Å². The third-order valence-electron chi connectivity index (χ3n) is 5.06. The smallest absolute Gasteiger partial charge is 0.493 e. The number of benzene rings is 2. The van der Waals surface area contributed by atoms with E-state index in [-0.39, 0.29) is 29.1 Å². The summed E-state index contributed by atoms with van der Waals surface area (Å²) in [4.78, 5) is 15.2. The number of unbranched alkanes of at least 4 members (excludes halogenated alkanes) is 1. The van der Waals surface area contributed by atoms with Gasteiger partial charge in [-0.25, -0.2) is 4.39 Å². The molecule has 2 aromatic carbocycles. The highest BCUT2D eigenvalue weighted by Crippen LogP contribution is 2.40. The number of ether oxygens (including phenoxy) is 4. The summed E-state index contributed by atoms with van der Waals surface area (Å²) in [5.41, 5.74) is 0.841. The summed E-state index contributed by atoms with van der Waals surface area (Å²) >= 11 is 3.34. The maximum absolute atomic E-state index is 13.9. The molecule has 11 heteroatoms. The number of hydrogen-bond donors (Lipinski definition) is 1. The van der Waals surface area contributed by atoms with Gasteiger partial charge in [0.1, 0.15) is 23.0 Å². The highest BCUT2D eigenvalue weighted by Gasteiger charge is 2.33. The quantitative estimate of drug-likeness (QED) is 0.115. The number of H-pyrrole nitrogens is 1. The summed E-state index contributed by atoms with van der Waals surface area (Å²) in [7, 11) is 1.21. The molecule has 3 rings (SSSR count). The molecular weight excluding hydrogens is 538 g/mol. The van der Waals surface area contributed by atoms with E-state index < -0.39 is 28.5 Å². The summed E-state index contributed by atoms with van der Waals surface area (Å²) < 4.78 is 72.6. The van der Waals surface area contributed by atoms with Crippen LogP contribution in [0, 0.1) is 5.82 Å². The number of hydrogen-bond acceptors (Lipinski definition) is 5. The average Bonchev–Trinajstić information content (AvgIpc) is 3.21. The number of carbonyl (C=O) groups is 1. The zero-order chi connectivity index (χ0) is 25.6. The van der Waals surface area contributed by atoms with Crippen LogP contribution < -0.4 is 14.2 Å². The number of Topliss-reactive ketones (excluding diaryl/α,β-unsaturated/α-hetero) is 1. The van der Waals surface area contributed by atoms with Crippen LogP contribution in [0.2, 0.25) is 0 Å². The highest BCUT2D eigenvalue weighted by atomic mass is 79.9. The van der Waals surface area contributed by atoms with Crippen LogP contribution in [0.3, 0.4) is 0 Å². The summed E-state index contributed by atoms with van der Waals surface area (Å²) in [6.45, 7) is 3.07. The second-order valence-corrected chi connectivity index (χ2v) is 8.44. The van der Waals surface area contributed by atoms with Crippen LogP contribution in [-0.4, -0.2) is 44.1 Å². The van der Waals surface area contributed by atoms with E-state index in [0.29, 0.717) is 24.3 Å². The van der Waals surface area contributed by atoms with Crippen molar-refractivity contribution < 1.29 is 41.3 Å². The largest absolute Gasteiger partial charge is 0.573 e. The number of aromatic amines is 1. The topological polar surface area (TPSA) is 69.8 Å². The maximum atomic E-state index is 13.9. The molecule has 1 unspecified atom stereocenters. The van der Waals surface area contributed by atoms with Crippen molar-refractivity contribution in [2.45, 2.75) is 31.0 Å². The molecule has 0 aliphatic heterocycles. The molecule has 0 amide bonds. The lowest BCUT2D eigenvalue weighted by atomic mass is 10.0. The predicted molar refractivity (Wildman–Crippen MR) is 125 cm³/mol. The molecule has 6 nitrogen and oxygen atoms in total. The Morgan fingerprint density at radius 3 is 2.54 bits per heavy atom. The first-order valence-corrected chi connectivity index (χ1v) is 11.7. The second-order valence-electron chi connectivity index (χ2n) is 7.52. The Bertz CT molecular complexity index is 1160. The Kier molecular flexibility index (Phi) is 9.01. The molecule has 1 aromatic heterocycles. The van der Waals surface area contributed by atoms with E-state index in [0.717, 1.165) is 25.0 Å². The van der Waals surface area contributed by atoms with Gasteiger partial charge in [-0.3, -0.25) is 4.79 Å². The van der Waals surface area contributed by atoms with Crippen molar-refractivity contribution in [3.63, 3.8) is 0 Å². The first kappa shape index (κ1) is 26.8. The zero-order valence-electron chi connectivity index (χ0n) is 19.0. The second kappa shape index (κ2) is 11.8. The maximum Gasteiger partial charge on any atom is 0.573 e. The van der Waals surface area contributed by atoms with Gasteiger partial charge in [-0.1, -0.05) is 35.3 Å². The number of ketones is 1. The molecule has 0 spiro atoms. The molecule has 0 saturated carbocycles. The van der Waals surface area contributed by atoms with E-state index in [1.165, 1.54) is 31.5 Å². The fourth-order valence-corrected chi connectivity index (χ4v) is 4.00. The third kappa shape index (κ3) is 6.88. The van der Waals surface area contributed by atoms with Crippen LogP contribution in [0.25, 0.3) is 10.9 Å². The Morgan fingerprint density at radius 2 is 1.86 bits per heavy atom. The van der Waals surface area contributed by atoms with Gasteiger partial charge in [-0.05, 0) is 18.6 Å². The van der Waals surface area contributed by atoms with Gasteiger partial charge in [0.05, 0.1) is 19.2 Å². The van der Waals surface area contributed by atoms with E-state index in [1.807, 2.05) is 6.92 Å². The summed E-state index contributed by atoms with van der Waals surface area (Å²) in [6, 6.07) is 6.16. The fraction of sp³-hybridized carbons (Fsp3) is 0.375. The number of halogens is 5. The van der Waals surface area contributed by atoms with Crippen LogP contribution in [0.1, 0.15) is 40.5 Å². The first-order valence-electron chi connectivity index (χ1n) is 10.8. The molecule has 3 aromatic rings. The minimum Gasteiger partial charge on any atom is -0.493 e. The number of alkyl halides is 4. The van der Waals surface area contributed by atoms with Gasteiger partial charge in [0, 0.05) is 41.4 Å². The molecule has 0 bridgehead atoms. The standard InChI is InChI=1S/C24H24BrF4NO5/c1-3-4-7-33-8-9-34-19-10-14(26)5-6-15(19)22(25)23(31)17-13-30-18-12-20(32-2)21(11-16(17)18)35-24(27,28)29/h5-6,10-13,22,30H,3-4,7-9H2,1-2H3. The van der Waals surface area contributed by atoms with E-state index >= 15 is 0 Å². The lowest BCUT2D eigenvalue weighted by Gasteiger charge is -2.16. The molecule has 190 valence electrons. The Hall–Kier alpha value is -2.79. The van der Waals surface area contributed by atoms with Crippen molar-refractivity contribution in [2.24, 2.45) is 0 Å². The van der Waals surface area contributed by atoms with Crippen LogP contribution in [0.15, 0.2) is 36.5 Å². The minimum absolute atomic E-state index is 0.106. The minimum atomic E-state index is -4.94. The molecule has 0 saturated heterocycles. The zero-order valence-corrected chi connectivity index (χ0v) is 20.6. The third-order valence-corrected chi connectivity index (χ3v) is 5.97. The van der Waals surface area contributed by atoms with Crippen LogP contribution >= 0.6 is 15.9 Å². The van der Waals surface area contributed by atoms with Crippen LogP contribution in [-0.2, 0) is 4.74 Å². The molecule has 0 radical (unpaired) electrons. The Balaban J connectivity index is 1.86. The number of rotatable bonds is 12. The lowest BCUT2D eigenvalue weighted by Crippen LogP contribution is -2.17. The number of aromatic nitrogens is 1. The molecule has 0 fully saturated rings. The van der Waals surface area contributed by atoms with Gasteiger partial charge in [0.2, 0.25) is 0 Å². The molecule has 0 aliphatic carbocycles. The van der Waals surface area contributed by atoms with Crippen molar-refractivity contribution in [3.05, 3.63) is 53.5 Å². The lowest BCUT2D eigenvalue weighted by molar-refractivity contribution is -0.275. The number of carbonyl (C=O) groups excluding carboxylic acids is 1. The fourth-order valence-electron chi connectivity index (χ4n) is 3.38. The first-order chi connectivity index (χ1) is 16.6. The molecule has 0 aliphatic rings. The Morgan fingerprint density at radius 1 is 1.09 bits per heavy atom. The van der Waals surface area contributed by atoms with Gasteiger partial charge in [-0.2, -0.15) is 0 Å². The van der Waals surface area contributed by atoms with Gasteiger partial charge in [0.25, 0.3) is 0 Å². The van der Waals surface area contributed by atoms with Crippen molar-refractivity contribution in [1.82, 2.24) is 4.98 Å². The van der Waals surface area contributed by atoms with Crippen molar-refractivity contribution in [3.8, 4) is 17.2 Å². The van der Waals surface area contributed by atoms with E-state index in [4.69, 9.17) is 14.2 Å². The summed E-state index contributed by atoms with van der Waals surface area (Å²) in [5, 5.41) is 0.202. The van der Waals surface area contributed by atoms with Crippen molar-refractivity contribution in [1.29, 1.82) is 0 Å². The molecule has 1 N–H and O–H groups in total. The molecule has 1 atom stereocenters. The normalized spacial score (nSPS) is 12.5. The van der Waals surface area contributed by atoms with Gasteiger partial charge < -0.3 is 23.9 Å². The van der Waals surface area contributed by atoms with Crippen molar-refractivity contribution in [2.75, 3.05) is 26.9 Å². The van der Waals surface area contributed by atoms with Crippen LogP contribution in [0.5, 0.6) is 17.2 Å². The van der Waals surface area contributed by atoms with Crippen LogP contribution in [0.4, 0.5) is 17.6 Å². The van der Waals surface area contributed by atoms with E-state index in [1.54, 1.807) is 0 Å². The number of methoxy groups -OCH3 is 1. The molecule has 35 heavy (non-hydrogen) atoms. The van der Waals surface area contributed by atoms with Crippen molar-refractivity contribution >= 4 is 32.6 Å². The summed E-state index contributed by atoms with van der Waals surface area (Å²) in [5.74, 6) is -1.60. The van der Waals surface area contributed by atoms with Gasteiger partial charge in [-0.15, -0.1) is 13.2 Å². The molecule has 1 heterocycles. The highest BCUT2D eigenvalue weighted by molar-refractivity contribution is 9.09. The van der Waals surface area contributed by atoms with E-state index in [2.05, 4.69) is 25.7 Å². The average molecular weight is 562 g/mol. The predicted octanol–water partition coefficient (Wildman–Crippen LogP) is 6.73. The Labute approximate surface area is 207 Å². The monoisotopic (exact) mass is 561 g/mol.